The second kappa shape index (κ2) is 6.11. The molecule has 1 atom stereocenters. The highest BCUT2D eigenvalue weighted by atomic mass is 16.5. The maximum atomic E-state index is 6.28. The number of ether oxygens (including phenoxy) is 1. The Kier molecular flexibility index (Phi) is 3.61. The molecule has 3 nitrogen and oxygen atoms in total. The Morgan fingerprint density at radius 2 is 1.88 bits per heavy atom. The fraction of sp³-hybridized carbons (Fsp3) is 0.174. The second-order valence-corrected chi connectivity index (χ2v) is 6.72. The molecular formula is C23H20N2O. The van der Waals surface area contributed by atoms with E-state index in [0.29, 0.717) is 6.61 Å². The quantitative estimate of drug-likeness (QED) is 0.642. The van der Waals surface area contributed by atoms with Crippen molar-refractivity contribution >= 4 is 17.5 Å². The summed E-state index contributed by atoms with van der Waals surface area (Å²) in [6, 6.07) is 21.4. The molecule has 3 aromatic rings. The molecule has 3 heterocycles. The number of anilines is 1. The fourth-order valence-corrected chi connectivity index (χ4v) is 3.81. The zero-order valence-electron chi connectivity index (χ0n) is 14.7. The Hall–Kier alpha value is -2.91. The van der Waals surface area contributed by atoms with Crippen molar-refractivity contribution in [3.05, 3.63) is 94.8 Å². The third-order valence-corrected chi connectivity index (χ3v) is 5.21. The Bertz CT molecular complexity index is 991. The van der Waals surface area contributed by atoms with E-state index in [0.717, 1.165) is 23.4 Å². The third kappa shape index (κ3) is 2.36. The lowest BCUT2D eigenvalue weighted by Gasteiger charge is -2.42. The van der Waals surface area contributed by atoms with Gasteiger partial charge in [-0.15, -0.1) is 0 Å². The molecule has 2 aromatic carbocycles. The van der Waals surface area contributed by atoms with Crippen LogP contribution in [0, 0.1) is 0 Å². The van der Waals surface area contributed by atoms with Crippen LogP contribution in [0.2, 0.25) is 0 Å². The van der Waals surface area contributed by atoms with Gasteiger partial charge in [-0.05, 0) is 35.8 Å². The zero-order valence-corrected chi connectivity index (χ0v) is 14.7. The largest absolute Gasteiger partial charge is 0.349 e. The van der Waals surface area contributed by atoms with Crippen LogP contribution >= 0.6 is 0 Å². The van der Waals surface area contributed by atoms with Crippen LogP contribution in [0.1, 0.15) is 41.1 Å². The summed E-state index contributed by atoms with van der Waals surface area (Å²) in [5.74, 6) is 0. The molecule has 1 aromatic heterocycles. The summed E-state index contributed by atoms with van der Waals surface area (Å²) in [4.78, 5) is 6.90. The van der Waals surface area contributed by atoms with Crippen LogP contribution in [0.4, 0.5) is 5.69 Å². The van der Waals surface area contributed by atoms with Gasteiger partial charge in [-0.3, -0.25) is 4.98 Å². The van der Waals surface area contributed by atoms with Crippen LogP contribution in [0.25, 0.3) is 11.8 Å². The van der Waals surface area contributed by atoms with Gasteiger partial charge in [0.25, 0.3) is 0 Å². The van der Waals surface area contributed by atoms with Crippen molar-refractivity contribution in [2.45, 2.75) is 26.2 Å². The van der Waals surface area contributed by atoms with Crippen molar-refractivity contribution < 1.29 is 4.74 Å². The van der Waals surface area contributed by atoms with Gasteiger partial charge in [0.15, 0.2) is 6.23 Å². The van der Waals surface area contributed by atoms with Gasteiger partial charge in [0.1, 0.15) is 0 Å². The minimum absolute atomic E-state index is 0.139. The van der Waals surface area contributed by atoms with E-state index in [1.165, 1.54) is 22.4 Å². The van der Waals surface area contributed by atoms with Gasteiger partial charge in [-0.1, -0.05) is 55.5 Å². The standard InChI is InChI=1S/C23H20N2O/c1-2-16-9-11-17(12-10-16)22-14-20-19(7-5-13-24-20)23-25(22)21-8-4-3-6-18(21)15-26-23/h3-14,23H,2,15H2,1H3. The Balaban J connectivity index is 1.72. The number of rotatable bonds is 2. The number of para-hydroxylation sites is 1. The lowest BCUT2D eigenvalue weighted by Crippen LogP contribution is -2.36. The number of aromatic nitrogens is 1. The van der Waals surface area contributed by atoms with Gasteiger partial charge in [-0.2, -0.15) is 0 Å². The lowest BCUT2D eigenvalue weighted by molar-refractivity contribution is 0.0341. The summed E-state index contributed by atoms with van der Waals surface area (Å²) in [5.41, 5.74) is 8.20. The van der Waals surface area contributed by atoms with Crippen molar-refractivity contribution in [3.8, 4) is 0 Å². The molecule has 5 rings (SSSR count). The summed E-state index contributed by atoms with van der Waals surface area (Å²) in [7, 11) is 0. The van der Waals surface area contributed by atoms with Crippen molar-refractivity contribution in [2.75, 3.05) is 4.90 Å². The smallest absolute Gasteiger partial charge is 0.163 e. The normalized spacial score (nSPS) is 17.8. The molecular weight excluding hydrogens is 320 g/mol. The molecule has 0 bridgehead atoms. The van der Waals surface area contributed by atoms with Crippen molar-refractivity contribution in [3.63, 3.8) is 0 Å². The van der Waals surface area contributed by atoms with Gasteiger partial charge < -0.3 is 9.64 Å². The molecule has 0 spiro atoms. The van der Waals surface area contributed by atoms with Gasteiger partial charge in [0.2, 0.25) is 0 Å². The molecule has 0 N–H and O–H groups in total. The van der Waals surface area contributed by atoms with Gasteiger partial charge in [0, 0.05) is 23.0 Å². The van der Waals surface area contributed by atoms with E-state index in [1.54, 1.807) is 0 Å². The van der Waals surface area contributed by atoms with E-state index in [1.807, 2.05) is 12.3 Å². The topological polar surface area (TPSA) is 25.4 Å². The molecule has 26 heavy (non-hydrogen) atoms. The fourth-order valence-electron chi connectivity index (χ4n) is 3.81. The number of hydrogen-bond donors (Lipinski definition) is 0. The number of nitrogens with zero attached hydrogens (tertiary/aromatic N) is 2. The molecule has 0 fully saturated rings. The maximum absolute atomic E-state index is 6.28. The van der Waals surface area contributed by atoms with E-state index in [-0.39, 0.29) is 6.23 Å². The Morgan fingerprint density at radius 3 is 2.73 bits per heavy atom. The molecule has 3 heteroatoms. The van der Waals surface area contributed by atoms with Crippen molar-refractivity contribution in [1.82, 2.24) is 4.98 Å². The van der Waals surface area contributed by atoms with Crippen LogP contribution in [0.3, 0.4) is 0 Å². The first kappa shape index (κ1) is 15.4. The average Bonchev–Trinajstić information content (AvgIpc) is 2.73. The molecule has 0 aliphatic carbocycles. The highest BCUT2D eigenvalue weighted by Crippen LogP contribution is 2.46. The molecule has 128 valence electrons. The minimum atomic E-state index is -0.139. The molecule has 0 saturated carbocycles. The monoisotopic (exact) mass is 340 g/mol. The summed E-state index contributed by atoms with van der Waals surface area (Å²) >= 11 is 0. The Morgan fingerprint density at radius 1 is 1.04 bits per heavy atom. The van der Waals surface area contributed by atoms with Gasteiger partial charge in [0.05, 0.1) is 18.0 Å². The number of aryl methyl sites for hydroxylation is 1. The molecule has 1 unspecified atom stereocenters. The SMILES string of the molecule is CCc1ccc(C2=Cc3ncccc3C3OCc4ccccc4N23)cc1. The predicted molar refractivity (Wildman–Crippen MR) is 104 cm³/mol. The van der Waals surface area contributed by atoms with E-state index in [9.17, 15) is 0 Å². The van der Waals surface area contributed by atoms with Crippen molar-refractivity contribution in [2.24, 2.45) is 0 Å². The van der Waals surface area contributed by atoms with Crippen LogP contribution < -0.4 is 4.90 Å². The predicted octanol–water partition coefficient (Wildman–Crippen LogP) is 5.19. The first-order valence-corrected chi connectivity index (χ1v) is 9.10. The first-order valence-electron chi connectivity index (χ1n) is 9.10. The third-order valence-electron chi connectivity index (χ3n) is 5.21. The molecule has 2 aliphatic rings. The summed E-state index contributed by atoms with van der Waals surface area (Å²) < 4.78 is 6.28. The van der Waals surface area contributed by atoms with Gasteiger partial charge >= 0.3 is 0 Å². The first-order chi connectivity index (χ1) is 12.8. The van der Waals surface area contributed by atoms with Crippen LogP contribution in [-0.2, 0) is 17.8 Å². The number of pyridine rings is 1. The van der Waals surface area contributed by atoms with E-state index in [4.69, 9.17) is 4.74 Å². The molecule has 0 amide bonds. The van der Waals surface area contributed by atoms with Gasteiger partial charge in [-0.25, -0.2) is 0 Å². The molecule has 2 aliphatic heterocycles. The summed E-state index contributed by atoms with van der Waals surface area (Å²) in [5, 5.41) is 0. The molecule has 0 radical (unpaired) electrons. The molecule has 0 saturated heterocycles. The average molecular weight is 340 g/mol. The van der Waals surface area contributed by atoms with Crippen LogP contribution in [0.15, 0.2) is 66.9 Å². The lowest BCUT2D eigenvalue weighted by atomic mass is 9.96. The maximum Gasteiger partial charge on any atom is 0.163 e. The van der Waals surface area contributed by atoms with E-state index >= 15 is 0 Å². The van der Waals surface area contributed by atoms with Crippen LogP contribution in [0.5, 0.6) is 0 Å². The second-order valence-electron chi connectivity index (χ2n) is 6.72. The number of benzene rings is 2. The number of hydrogen-bond acceptors (Lipinski definition) is 3. The zero-order chi connectivity index (χ0) is 17.5. The summed E-state index contributed by atoms with van der Waals surface area (Å²) in [6.45, 7) is 2.80. The van der Waals surface area contributed by atoms with Crippen molar-refractivity contribution in [1.29, 1.82) is 0 Å². The Labute approximate surface area is 153 Å². The minimum Gasteiger partial charge on any atom is -0.349 e. The highest BCUT2D eigenvalue weighted by molar-refractivity contribution is 5.93. The number of fused-ring (bicyclic) bond motifs is 5. The van der Waals surface area contributed by atoms with E-state index in [2.05, 4.69) is 77.5 Å². The highest BCUT2D eigenvalue weighted by Gasteiger charge is 2.35. The van der Waals surface area contributed by atoms with E-state index < -0.39 is 0 Å². The van der Waals surface area contributed by atoms with Crippen LogP contribution in [-0.4, -0.2) is 4.98 Å². The summed E-state index contributed by atoms with van der Waals surface area (Å²) in [6.07, 6.45) is 4.93.